The fourth-order valence-electron chi connectivity index (χ4n) is 7.39. The molecule has 39 heavy (non-hydrogen) atoms. The lowest BCUT2D eigenvalue weighted by molar-refractivity contribution is -0.216. The van der Waals surface area contributed by atoms with E-state index in [0.29, 0.717) is 24.0 Å². The minimum absolute atomic E-state index is 0.103. The highest BCUT2D eigenvalue weighted by Gasteiger charge is 2.66. The maximum Gasteiger partial charge on any atom is 0.308 e. The number of esters is 1. The average molecular weight is 542 g/mol. The van der Waals surface area contributed by atoms with Gasteiger partial charge in [-0.25, -0.2) is 0 Å². The molecule has 0 spiro atoms. The number of hydrogen-bond donors (Lipinski definition) is 4. The van der Waals surface area contributed by atoms with Crippen LogP contribution in [0.1, 0.15) is 65.0 Å². The topological polar surface area (TPSA) is 128 Å². The van der Waals surface area contributed by atoms with Gasteiger partial charge in [0.15, 0.2) is 5.78 Å². The third-order valence-electron chi connectivity index (χ3n) is 9.99. The summed E-state index contributed by atoms with van der Waals surface area (Å²) in [6.45, 7) is 10.9. The summed E-state index contributed by atoms with van der Waals surface area (Å²) in [5.41, 5.74) is -2.33. The molecule has 0 radical (unpaired) electrons. The van der Waals surface area contributed by atoms with Gasteiger partial charge >= 0.3 is 5.97 Å². The van der Waals surface area contributed by atoms with E-state index >= 15 is 0 Å². The number of fused-ring (bicyclic) bond motifs is 3. The Bertz CT molecular complexity index is 1170. The molecule has 2 saturated carbocycles. The van der Waals surface area contributed by atoms with Crippen LogP contribution in [0.5, 0.6) is 0 Å². The van der Waals surface area contributed by atoms with E-state index in [4.69, 9.17) is 4.74 Å². The number of rotatable bonds is 5. The second-order valence-corrected chi connectivity index (χ2v) is 12.7. The fourth-order valence-corrected chi connectivity index (χ4v) is 7.39. The second kappa shape index (κ2) is 10.2. The lowest BCUT2D eigenvalue weighted by Crippen LogP contribution is -2.69. The molecule has 3 aliphatic carbocycles. The fraction of sp³-hybridized carbons (Fsp3) is 0.613. The van der Waals surface area contributed by atoms with E-state index in [1.54, 1.807) is 27.7 Å². The maximum absolute atomic E-state index is 13.2. The van der Waals surface area contributed by atoms with Gasteiger partial charge in [0.2, 0.25) is 0 Å². The predicted octanol–water partition coefficient (Wildman–Crippen LogP) is 2.71. The molecule has 0 aliphatic heterocycles. The number of benzene rings is 1. The summed E-state index contributed by atoms with van der Waals surface area (Å²) in [5, 5.41) is 46.8. The molecule has 0 unspecified atom stereocenters. The van der Waals surface area contributed by atoms with Crippen LogP contribution in [-0.2, 0) is 14.3 Å². The van der Waals surface area contributed by atoms with E-state index in [2.05, 4.69) is 6.58 Å². The van der Waals surface area contributed by atoms with Crippen LogP contribution in [-0.4, -0.2) is 81.2 Å². The van der Waals surface area contributed by atoms with Crippen molar-refractivity contribution in [2.75, 3.05) is 14.1 Å². The van der Waals surface area contributed by atoms with Crippen LogP contribution >= 0.6 is 0 Å². The number of aliphatic hydroxyl groups excluding tert-OH is 3. The van der Waals surface area contributed by atoms with Crippen LogP contribution in [0.2, 0.25) is 0 Å². The van der Waals surface area contributed by atoms with E-state index < -0.39 is 52.7 Å². The number of carbonyl (C=O) groups excluding carboxylic acids is 2. The number of carbonyl (C=O) groups is 2. The molecule has 0 amide bonds. The Kier molecular flexibility index (Phi) is 7.77. The van der Waals surface area contributed by atoms with Gasteiger partial charge in [-0.3, -0.25) is 9.59 Å². The monoisotopic (exact) mass is 541 g/mol. The van der Waals surface area contributed by atoms with Crippen LogP contribution in [0.4, 0.5) is 0 Å². The van der Waals surface area contributed by atoms with Gasteiger partial charge in [0.1, 0.15) is 17.8 Å². The van der Waals surface area contributed by atoms with Crippen LogP contribution < -0.4 is 0 Å². The molecular formula is C31H43NO7. The Balaban J connectivity index is 1.66. The second-order valence-electron chi connectivity index (χ2n) is 12.7. The maximum atomic E-state index is 13.2. The number of hydrogen-bond acceptors (Lipinski definition) is 8. The van der Waals surface area contributed by atoms with Crippen LogP contribution in [0.15, 0.2) is 53.6 Å². The molecule has 1 aromatic carbocycles. The van der Waals surface area contributed by atoms with Gasteiger partial charge < -0.3 is 30.1 Å². The third-order valence-corrected chi connectivity index (χ3v) is 9.99. The van der Waals surface area contributed by atoms with Crippen molar-refractivity contribution < 1.29 is 34.8 Å². The van der Waals surface area contributed by atoms with Crippen molar-refractivity contribution in [2.45, 2.75) is 89.4 Å². The predicted molar refractivity (Wildman–Crippen MR) is 146 cm³/mol. The van der Waals surface area contributed by atoms with Crippen LogP contribution in [0.3, 0.4) is 0 Å². The lowest BCUT2D eigenvalue weighted by atomic mass is 9.48. The molecular weight excluding hydrogens is 498 g/mol. The quantitative estimate of drug-likeness (QED) is 0.331. The molecule has 0 heterocycles. The molecule has 8 heteroatoms. The minimum Gasteiger partial charge on any atom is -0.458 e. The molecule has 8 atom stereocenters. The van der Waals surface area contributed by atoms with Gasteiger partial charge in [-0.2, -0.15) is 0 Å². The first-order chi connectivity index (χ1) is 18.1. The molecule has 214 valence electrons. The number of allylic oxidation sites excluding steroid dienone is 1. The SMILES string of the molecule is C=C1[C@@H](OC(=O)C[C@H](c2ccccc2)N(C)C)CC[C@@]2(C)[C@@H](O)[C@H](O)C3=C(C)C(=O)C[C@@](O)([C@@H](O)[C@H]12)C3(C)C. The van der Waals surface area contributed by atoms with Gasteiger partial charge in [-0.05, 0) is 56.1 Å². The van der Waals surface area contributed by atoms with E-state index in [1.165, 1.54) is 0 Å². The number of aliphatic hydroxyl groups is 4. The van der Waals surface area contributed by atoms with Crippen LogP contribution in [0.25, 0.3) is 0 Å². The van der Waals surface area contributed by atoms with Crippen molar-refractivity contribution >= 4 is 11.8 Å². The summed E-state index contributed by atoms with van der Waals surface area (Å²) in [5.74, 6) is -1.76. The summed E-state index contributed by atoms with van der Waals surface area (Å²) in [4.78, 5) is 28.1. The summed E-state index contributed by atoms with van der Waals surface area (Å²) < 4.78 is 5.93. The third kappa shape index (κ3) is 4.60. The normalized spacial score (nSPS) is 37.2. The van der Waals surface area contributed by atoms with E-state index in [9.17, 15) is 30.0 Å². The van der Waals surface area contributed by atoms with E-state index in [-0.39, 0.29) is 30.2 Å². The zero-order chi connectivity index (χ0) is 29.1. The first-order valence-electron chi connectivity index (χ1n) is 13.7. The van der Waals surface area contributed by atoms with Crippen molar-refractivity contribution in [3.8, 4) is 0 Å². The average Bonchev–Trinajstić information content (AvgIpc) is 2.87. The molecule has 4 rings (SSSR count). The molecule has 4 N–H and O–H groups in total. The van der Waals surface area contributed by atoms with E-state index in [0.717, 1.165) is 5.56 Å². The van der Waals surface area contributed by atoms with Gasteiger partial charge in [-0.1, -0.05) is 57.7 Å². The van der Waals surface area contributed by atoms with Crippen molar-refractivity contribution in [3.05, 3.63) is 59.2 Å². The Morgan fingerprint density at radius 1 is 1.13 bits per heavy atom. The van der Waals surface area contributed by atoms with Crippen molar-refractivity contribution in [1.82, 2.24) is 4.90 Å². The molecule has 3 aliphatic rings. The van der Waals surface area contributed by atoms with Crippen LogP contribution in [0, 0.1) is 16.7 Å². The Hall–Kier alpha value is -2.36. The number of ether oxygens (including phenoxy) is 1. The molecule has 8 nitrogen and oxygen atoms in total. The molecule has 0 saturated heterocycles. The lowest BCUT2D eigenvalue weighted by Gasteiger charge is -2.61. The highest BCUT2D eigenvalue weighted by molar-refractivity contribution is 5.98. The summed E-state index contributed by atoms with van der Waals surface area (Å²) in [6.07, 6.45) is -4.61. The minimum atomic E-state index is -1.93. The van der Waals surface area contributed by atoms with Crippen molar-refractivity contribution in [3.63, 3.8) is 0 Å². The molecule has 0 aromatic heterocycles. The Labute approximate surface area is 231 Å². The standard InChI is InChI=1S/C31H43NO7/c1-17-21(33)16-31(38)27(36)25-18(2)22(13-14-30(25,5)28(37)26(35)24(17)29(31,3)4)39-23(34)15-20(32(6)7)19-11-9-8-10-12-19/h8-12,20,22,25-28,35-38H,2,13-16H2,1,3-7H3/t20-,22+,25+,26-,27+,28+,30-,31-/m1/s1. The largest absolute Gasteiger partial charge is 0.458 e. The Morgan fingerprint density at radius 2 is 1.74 bits per heavy atom. The van der Waals surface area contributed by atoms with Crippen molar-refractivity contribution in [2.24, 2.45) is 16.7 Å². The molecule has 2 bridgehead atoms. The number of nitrogens with zero attached hydrogens (tertiary/aromatic N) is 1. The zero-order valence-corrected chi connectivity index (χ0v) is 23.8. The molecule has 1 aromatic rings. The summed E-state index contributed by atoms with van der Waals surface area (Å²) in [7, 11) is 3.79. The zero-order valence-electron chi connectivity index (χ0n) is 23.8. The Morgan fingerprint density at radius 3 is 2.33 bits per heavy atom. The van der Waals surface area contributed by atoms with Gasteiger partial charge in [-0.15, -0.1) is 0 Å². The molecule has 2 fully saturated rings. The smallest absolute Gasteiger partial charge is 0.308 e. The van der Waals surface area contributed by atoms with Gasteiger partial charge in [0.25, 0.3) is 0 Å². The van der Waals surface area contributed by atoms with E-state index in [1.807, 2.05) is 49.3 Å². The van der Waals surface area contributed by atoms with Crippen molar-refractivity contribution in [1.29, 1.82) is 0 Å². The highest BCUT2D eigenvalue weighted by Crippen LogP contribution is 2.60. The first-order valence-corrected chi connectivity index (χ1v) is 13.7. The number of Topliss-reactive ketones (excluding diaryl/α,β-unsaturated/α-hetero) is 1. The van der Waals surface area contributed by atoms with Gasteiger partial charge in [0, 0.05) is 29.2 Å². The summed E-state index contributed by atoms with van der Waals surface area (Å²) >= 11 is 0. The number of ketones is 1. The first kappa shape index (κ1) is 29.6. The van der Waals surface area contributed by atoms with Gasteiger partial charge in [0.05, 0.1) is 18.6 Å². The summed E-state index contributed by atoms with van der Waals surface area (Å²) in [6, 6.07) is 9.46. The highest BCUT2D eigenvalue weighted by atomic mass is 16.5.